The summed E-state index contributed by atoms with van der Waals surface area (Å²) in [6.45, 7) is 2.37. The summed E-state index contributed by atoms with van der Waals surface area (Å²) in [5, 5.41) is 1.01. The molecule has 1 aliphatic heterocycles. The fraction of sp³-hybridized carbons (Fsp3) is 0.500. The van der Waals surface area contributed by atoms with E-state index in [1.54, 1.807) is 19.1 Å². The summed E-state index contributed by atoms with van der Waals surface area (Å²) < 4.78 is 67.7. The molecule has 3 aromatic heterocycles. The number of alkyl halides is 3. The molecule has 0 radical (unpaired) electrons. The largest absolute Gasteiger partial charge is 0.499 e. The van der Waals surface area contributed by atoms with Crippen LogP contribution in [0.15, 0.2) is 23.0 Å². The summed E-state index contributed by atoms with van der Waals surface area (Å²) >= 11 is 0. The number of piperidine rings is 1. The second-order valence-corrected chi connectivity index (χ2v) is 8.80. The molecule has 0 saturated carbocycles. The van der Waals surface area contributed by atoms with Crippen LogP contribution in [0.25, 0.3) is 16.8 Å². The zero-order valence-electron chi connectivity index (χ0n) is 14.3. The number of sulfone groups is 1. The van der Waals surface area contributed by atoms with E-state index in [-0.39, 0.29) is 24.0 Å². The van der Waals surface area contributed by atoms with Gasteiger partial charge in [0.05, 0.1) is 5.69 Å². The molecule has 1 N–H and O–H groups in total. The minimum Gasteiger partial charge on any atom is -0.317 e. The molecule has 1 fully saturated rings. The zero-order valence-corrected chi connectivity index (χ0v) is 15.1. The molecular formula is C16H17F3N4O3S. The van der Waals surface area contributed by atoms with E-state index in [9.17, 15) is 26.4 Å². The van der Waals surface area contributed by atoms with Gasteiger partial charge in [0.25, 0.3) is 15.4 Å². The van der Waals surface area contributed by atoms with Crippen LogP contribution in [-0.4, -0.2) is 41.0 Å². The van der Waals surface area contributed by atoms with E-state index in [1.165, 1.54) is 10.5 Å². The number of halogens is 3. The molecule has 4 rings (SSSR count). The van der Waals surface area contributed by atoms with Gasteiger partial charge in [-0.25, -0.2) is 13.4 Å². The lowest BCUT2D eigenvalue weighted by Gasteiger charge is -2.31. The van der Waals surface area contributed by atoms with Crippen molar-refractivity contribution in [2.24, 2.45) is 5.92 Å². The Hall–Kier alpha value is -2.14. The van der Waals surface area contributed by atoms with Gasteiger partial charge >= 0.3 is 5.51 Å². The smallest absolute Gasteiger partial charge is 0.317 e. The van der Waals surface area contributed by atoms with Crippen molar-refractivity contribution in [3.05, 3.63) is 34.2 Å². The van der Waals surface area contributed by atoms with Crippen molar-refractivity contribution in [1.82, 2.24) is 19.3 Å². The molecule has 1 aliphatic rings. The van der Waals surface area contributed by atoms with Crippen LogP contribution in [0.4, 0.5) is 13.2 Å². The number of aryl methyl sites for hydroxylation is 1. The molecule has 7 nitrogen and oxygen atoms in total. The minimum atomic E-state index is -5.62. The van der Waals surface area contributed by atoms with Crippen LogP contribution < -0.4 is 10.9 Å². The summed E-state index contributed by atoms with van der Waals surface area (Å²) in [4.78, 5) is 17.3. The van der Waals surface area contributed by atoms with Crippen molar-refractivity contribution in [1.29, 1.82) is 0 Å². The average Bonchev–Trinajstić information content (AvgIpc) is 3.08. The molecule has 11 heteroatoms. The second kappa shape index (κ2) is 5.93. The Bertz CT molecular complexity index is 1160. The van der Waals surface area contributed by atoms with Crippen LogP contribution in [0.2, 0.25) is 0 Å². The minimum absolute atomic E-state index is 0.101. The molecular weight excluding hydrogens is 385 g/mol. The first-order chi connectivity index (χ1) is 12.6. The Morgan fingerprint density at radius 3 is 2.56 bits per heavy atom. The van der Waals surface area contributed by atoms with Crippen LogP contribution in [0.1, 0.15) is 23.9 Å². The fourth-order valence-electron chi connectivity index (χ4n) is 3.96. The highest BCUT2D eigenvalue weighted by molar-refractivity contribution is 7.92. The Kier molecular flexibility index (Phi) is 4.00. The predicted molar refractivity (Wildman–Crippen MR) is 92.5 cm³/mol. The van der Waals surface area contributed by atoms with Gasteiger partial charge in [0.1, 0.15) is 16.8 Å². The van der Waals surface area contributed by atoms with Crippen molar-refractivity contribution in [2.45, 2.75) is 30.6 Å². The maximum absolute atomic E-state index is 13.5. The molecule has 146 valence electrons. The number of rotatable bonds is 3. The molecule has 1 saturated heterocycles. The molecule has 4 heterocycles. The van der Waals surface area contributed by atoms with E-state index in [2.05, 4.69) is 10.3 Å². The molecule has 0 bridgehead atoms. The molecule has 0 spiro atoms. The first-order valence-electron chi connectivity index (χ1n) is 8.47. The normalized spacial score (nSPS) is 18.5. The first-order valence-corrected chi connectivity index (χ1v) is 10.0. The van der Waals surface area contributed by atoms with Gasteiger partial charge in [-0.1, -0.05) is 6.07 Å². The molecule has 1 atom stereocenters. The topological polar surface area (TPSA) is 85.5 Å². The van der Waals surface area contributed by atoms with E-state index in [4.69, 9.17) is 0 Å². The highest BCUT2D eigenvalue weighted by atomic mass is 32.2. The van der Waals surface area contributed by atoms with Gasteiger partial charge in [-0.3, -0.25) is 13.8 Å². The first kappa shape index (κ1) is 18.2. The predicted octanol–water partition coefficient (Wildman–Crippen LogP) is 1.83. The van der Waals surface area contributed by atoms with Crippen molar-refractivity contribution in [3.8, 4) is 0 Å². The van der Waals surface area contributed by atoms with E-state index < -0.39 is 32.2 Å². The van der Waals surface area contributed by atoms with Crippen molar-refractivity contribution in [3.63, 3.8) is 0 Å². The molecule has 27 heavy (non-hydrogen) atoms. The quantitative estimate of drug-likeness (QED) is 0.723. The van der Waals surface area contributed by atoms with Gasteiger partial charge in [-0.15, -0.1) is 0 Å². The van der Waals surface area contributed by atoms with Gasteiger partial charge < -0.3 is 5.32 Å². The number of aromatic nitrogens is 3. The third-order valence-electron chi connectivity index (χ3n) is 5.15. The Balaban J connectivity index is 2.06. The number of hydrogen-bond acceptors (Lipinski definition) is 5. The van der Waals surface area contributed by atoms with Gasteiger partial charge in [-0.05, 0) is 50.9 Å². The summed E-state index contributed by atoms with van der Waals surface area (Å²) in [6.07, 6.45) is 0.456. The van der Waals surface area contributed by atoms with Crippen LogP contribution in [-0.2, 0) is 9.84 Å². The average molecular weight is 402 g/mol. The molecule has 0 amide bonds. The monoisotopic (exact) mass is 402 g/mol. The van der Waals surface area contributed by atoms with Crippen LogP contribution in [0.5, 0.6) is 0 Å². The van der Waals surface area contributed by atoms with Gasteiger partial charge in [0, 0.05) is 0 Å². The van der Waals surface area contributed by atoms with E-state index in [0.717, 1.165) is 4.57 Å². The van der Waals surface area contributed by atoms with Crippen LogP contribution in [0.3, 0.4) is 0 Å². The number of imidazole rings is 2. The molecule has 0 aromatic carbocycles. The number of nitrogens with one attached hydrogen (secondary N) is 1. The second-order valence-electron chi connectivity index (χ2n) is 6.77. The number of pyridine rings is 1. The van der Waals surface area contributed by atoms with Gasteiger partial charge in [0.2, 0.25) is 0 Å². The Labute approximate surface area is 152 Å². The van der Waals surface area contributed by atoms with E-state index in [1.807, 2.05) is 0 Å². The SMILES string of the molecule is Cc1nc2cccc3n(C(C4CCNCC4)S(=O)(=O)C(F)(F)F)c(=O)c1n23. The third kappa shape index (κ3) is 2.55. The maximum atomic E-state index is 13.5. The number of hydrogen-bond donors (Lipinski definition) is 1. The summed E-state index contributed by atoms with van der Waals surface area (Å²) in [7, 11) is -5.62. The lowest BCUT2D eigenvalue weighted by atomic mass is 9.97. The summed E-state index contributed by atoms with van der Waals surface area (Å²) in [5.74, 6) is -0.824. The lowest BCUT2D eigenvalue weighted by Crippen LogP contribution is -2.43. The molecule has 0 aliphatic carbocycles. The highest BCUT2D eigenvalue weighted by Crippen LogP contribution is 2.40. The van der Waals surface area contributed by atoms with Crippen molar-refractivity contribution < 1.29 is 21.6 Å². The highest BCUT2D eigenvalue weighted by Gasteiger charge is 2.54. The van der Waals surface area contributed by atoms with Crippen molar-refractivity contribution >= 4 is 26.6 Å². The van der Waals surface area contributed by atoms with Gasteiger partial charge in [0.15, 0.2) is 5.37 Å². The fourth-order valence-corrected chi connectivity index (χ4v) is 5.50. The van der Waals surface area contributed by atoms with Gasteiger partial charge in [-0.2, -0.15) is 13.2 Å². The maximum Gasteiger partial charge on any atom is 0.499 e. The molecule has 1 unspecified atom stereocenters. The van der Waals surface area contributed by atoms with Crippen LogP contribution >= 0.6 is 0 Å². The van der Waals surface area contributed by atoms with E-state index >= 15 is 0 Å². The Morgan fingerprint density at radius 1 is 1.26 bits per heavy atom. The lowest BCUT2D eigenvalue weighted by molar-refractivity contribution is -0.0461. The third-order valence-corrected chi connectivity index (χ3v) is 7.02. The summed E-state index contributed by atoms with van der Waals surface area (Å²) in [6, 6.07) is 4.61. The Morgan fingerprint density at radius 2 is 1.93 bits per heavy atom. The van der Waals surface area contributed by atoms with E-state index in [0.29, 0.717) is 24.4 Å². The molecule has 3 aromatic rings. The standard InChI is InChI=1S/C16H17F3N4O3S/c1-9-13-14(24)23(12-4-2-3-11(21-9)22(12)13)15(10-5-7-20-8-6-10)27(25,26)16(17,18)19/h2-4,10,15,20H,5-8H2,1H3. The number of nitrogens with zero attached hydrogens (tertiary/aromatic N) is 3. The van der Waals surface area contributed by atoms with Crippen LogP contribution in [0, 0.1) is 12.8 Å². The zero-order chi connectivity index (χ0) is 19.6. The summed E-state index contributed by atoms with van der Waals surface area (Å²) in [5.41, 5.74) is -5.27. The van der Waals surface area contributed by atoms with Crippen molar-refractivity contribution in [2.75, 3.05) is 13.1 Å².